The van der Waals surface area contributed by atoms with Crippen LogP contribution in [0.1, 0.15) is 33.1 Å². The van der Waals surface area contributed by atoms with Crippen LogP contribution in [0.15, 0.2) is 0 Å². The zero-order valence-corrected chi connectivity index (χ0v) is 10.9. The summed E-state index contributed by atoms with van der Waals surface area (Å²) < 4.78 is 5.30. The summed E-state index contributed by atoms with van der Waals surface area (Å²) in [5.41, 5.74) is 0. The van der Waals surface area contributed by atoms with Gasteiger partial charge in [-0.15, -0.1) is 0 Å². The van der Waals surface area contributed by atoms with Gasteiger partial charge in [0.25, 0.3) is 0 Å². The molecule has 0 radical (unpaired) electrons. The van der Waals surface area contributed by atoms with Crippen LogP contribution in [0.25, 0.3) is 0 Å². The maximum Gasteiger partial charge on any atom is 0.332 e. The Hall–Kier alpha value is -1.14. The minimum absolute atomic E-state index is 0.0363. The largest absolute Gasteiger partial charge is 0.479 e. The van der Waals surface area contributed by atoms with Crippen LogP contribution in [0, 0.1) is 0 Å². The number of carbonyl (C=O) groups is 2. The van der Waals surface area contributed by atoms with Gasteiger partial charge in [-0.2, -0.15) is 0 Å². The van der Waals surface area contributed by atoms with E-state index in [0.29, 0.717) is 25.8 Å². The average molecular weight is 258 g/mol. The van der Waals surface area contributed by atoms with Crippen molar-refractivity contribution >= 4 is 11.9 Å². The highest BCUT2D eigenvalue weighted by molar-refractivity contribution is 5.76. The molecule has 1 fully saturated rings. The summed E-state index contributed by atoms with van der Waals surface area (Å²) in [4.78, 5) is 22.3. The second kappa shape index (κ2) is 7.33. The Morgan fingerprint density at radius 2 is 2.17 bits per heavy atom. The quantitative estimate of drug-likeness (QED) is 0.604. The molecule has 1 aliphatic heterocycles. The Balaban J connectivity index is 2.17. The Kier molecular flexibility index (Phi) is 6.07. The Morgan fingerprint density at radius 1 is 1.44 bits per heavy atom. The summed E-state index contributed by atoms with van der Waals surface area (Å²) in [6.45, 7) is 5.17. The molecule has 0 aromatic heterocycles. The van der Waals surface area contributed by atoms with Gasteiger partial charge in [0, 0.05) is 19.0 Å². The molecule has 0 spiro atoms. The van der Waals surface area contributed by atoms with E-state index in [0.717, 1.165) is 6.54 Å². The van der Waals surface area contributed by atoms with Crippen LogP contribution in [-0.2, 0) is 14.3 Å². The molecule has 6 nitrogen and oxygen atoms in total. The van der Waals surface area contributed by atoms with Gasteiger partial charge in [-0.1, -0.05) is 6.92 Å². The first kappa shape index (κ1) is 14.9. The topological polar surface area (TPSA) is 87.7 Å². The molecule has 0 aliphatic carbocycles. The molecule has 3 atom stereocenters. The number of amides is 1. The molecule has 0 aromatic carbocycles. The molecular formula is C12H22N2O4. The van der Waals surface area contributed by atoms with E-state index in [-0.39, 0.29) is 18.1 Å². The molecule has 3 unspecified atom stereocenters. The highest BCUT2D eigenvalue weighted by Gasteiger charge is 2.30. The number of hydrogen-bond acceptors (Lipinski definition) is 4. The smallest absolute Gasteiger partial charge is 0.332 e. The van der Waals surface area contributed by atoms with Crippen molar-refractivity contribution in [2.45, 2.75) is 51.4 Å². The number of ether oxygens (including phenoxy) is 1. The van der Waals surface area contributed by atoms with Crippen LogP contribution >= 0.6 is 0 Å². The van der Waals surface area contributed by atoms with Crippen LogP contribution in [0.3, 0.4) is 0 Å². The number of carbonyl (C=O) groups excluding carboxylic acids is 1. The van der Waals surface area contributed by atoms with Crippen molar-refractivity contribution in [2.24, 2.45) is 0 Å². The predicted octanol–water partition coefficient (Wildman–Crippen LogP) is 0.123. The zero-order valence-electron chi connectivity index (χ0n) is 10.9. The lowest BCUT2D eigenvalue weighted by atomic mass is 10.2. The summed E-state index contributed by atoms with van der Waals surface area (Å²) in [6, 6.07) is 0.145. The Labute approximate surface area is 107 Å². The molecule has 1 saturated heterocycles. The van der Waals surface area contributed by atoms with Crippen molar-refractivity contribution in [3.05, 3.63) is 0 Å². The fraction of sp³-hybridized carbons (Fsp3) is 0.833. The second-order valence-corrected chi connectivity index (χ2v) is 4.63. The van der Waals surface area contributed by atoms with Gasteiger partial charge in [-0.25, -0.2) is 4.79 Å². The van der Waals surface area contributed by atoms with Crippen molar-refractivity contribution in [1.82, 2.24) is 10.6 Å². The monoisotopic (exact) mass is 258 g/mol. The van der Waals surface area contributed by atoms with Gasteiger partial charge in [0.2, 0.25) is 5.91 Å². The number of aliphatic carboxylic acids is 1. The van der Waals surface area contributed by atoms with Crippen molar-refractivity contribution in [3.63, 3.8) is 0 Å². The lowest BCUT2D eigenvalue weighted by molar-refractivity contribution is -0.149. The number of nitrogens with one attached hydrogen (secondary N) is 2. The van der Waals surface area contributed by atoms with Crippen LogP contribution in [0.4, 0.5) is 0 Å². The van der Waals surface area contributed by atoms with Crippen LogP contribution in [0.2, 0.25) is 0 Å². The van der Waals surface area contributed by atoms with E-state index in [9.17, 15) is 9.59 Å². The van der Waals surface area contributed by atoms with E-state index in [1.807, 2.05) is 13.8 Å². The van der Waals surface area contributed by atoms with Crippen LogP contribution in [0.5, 0.6) is 0 Å². The van der Waals surface area contributed by atoms with E-state index in [1.165, 1.54) is 0 Å². The highest BCUT2D eigenvalue weighted by atomic mass is 16.5. The third-order valence-electron chi connectivity index (χ3n) is 2.95. The normalized spacial score (nSPS) is 24.8. The summed E-state index contributed by atoms with van der Waals surface area (Å²) in [7, 11) is 0. The van der Waals surface area contributed by atoms with Gasteiger partial charge < -0.3 is 20.5 Å². The molecule has 18 heavy (non-hydrogen) atoms. The number of carboxylic acid groups (broad SMARTS) is 1. The molecular weight excluding hydrogens is 236 g/mol. The van der Waals surface area contributed by atoms with Gasteiger partial charge >= 0.3 is 5.97 Å². The molecule has 0 aromatic rings. The molecule has 1 rings (SSSR count). The predicted molar refractivity (Wildman–Crippen MR) is 66.3 cm³/mol. The van der Waals surface area contributed by atoms with Gasteiger partial charge in [-0.3, -0.25) is 4.79 Å². The van der Waals surface area contributed by atoms with Gasteiger partial charge in [0.15, 0.2) is 6.10 Å². The van der Waals surface area contributed by atoms with Gasteiger partial charge in [-0.05, 0) is 26.3 Å². The summed E-state index contributed by atoms with van der Waals surface area (Å²) in [6.07, 6.45) is 0.726. The standard InChI is InChI=1S/C12H22N2O4/c1-3-13-8(2)6-11(15)14-7-9-4-5-10(18-9)12(16)17/h8-10,13H,3-7H2,1-2H3,(H,14,15)(H,16,17). The molecule has 3 N–H and O–H groups in total. The molecule has 104 valence electrons. The minimum Gasteiger partial charge on any atom is -0.479 e. The number of rotatable bonds is 7. The van der Waals surface area contributed by atoms with Crippen molar-refractivity contribution in [3.8, 4) is 0 Å². The van der Waals surface area contributed by atoms with E-state index in [2.05, 4.69) is 10.6 Å². The Bertz CT molecular complexity index is 296. The van der Waals surface area contributed by atoms with Crippen molar-refractivity contribution < 1.29 is 19.4 Å². The number of hydrogen-bond donors (Lipinski definition) is 3. The molecule has 0 bridgehead atoms. The summed E-state index contributed by atoms with van der Waals surface area (Å²) >= 11 is 0. The number of carboxylic acids is 1. The molecule has 0 saturated carbocycles. The summed E-state index contributed by atoms with van der Waals surface area (Å²) in [5, 5.41) is 14.7. The van der Waals surface area contributed by atoms with Crippen molar-refractivity contribution in [1.29, 1.82) is 0 Å². The van der Waals surface area contributed by atoms with E-state index < -0.39 is 12.1 Å². The zero-order chi connectivity index (χ0) is 13.5. The molecule has 1 aliphatic rings. The summed E-state index contributed by atoms with van der Waals surface area (Å²) in [5.74, 6) is -0.963. The van der Waals surface area contributed by atoms with Crippen LogP contribution in [-0.4, -0.2) is 48.3 Å². The lowest BCUT2D eigenvalue weighted by Gasteiger charge is -2.15. The fourth-order valence-corrected chi connectivity index (χ4v) is 2.04. The minimum atomic E-state index is -0.926. The maximum atomic E-state index is 11.6. The average Bonchev–Trinajstić information content (AvgIpc) is 2.75. The van der Waals surface area contributed by atoms with Crippen LogP contribution < -0.4 is 10.6 Å². The SMILES string of the molecule is CCNC(C)CC(=O)NCC1CCC(C(=O)O)O1. The molecule has 6 heteroatoms. The second-order valence-electron chi connectivity index (χ2n) is 4.63. The first-order valence-corrected chi connectivity index (χ1v) is 6.41. The first-order chi connectivity index (χ1) is 8.52. The molecule has 1 heterocycles. The third-order valence-corrected chi connectivity index (χ3v) is 2.95. The van der Waals surface area contributed by atoms with E-state index >= 15 is 0 Å². The maximum absolute atomic E-state index is 11.6. The molecule has 1 amide bonds. The Morgan fingerprint density at radius 3 is 2.72 bits per heavy atom. The van der Waals surface area contributed by atoms with E-state index in [1.54, 1.807) is 0 Å². The lowest BCUT2D eigenvalue weighted by Crippen LogP contribution is -2.37. The van der Waals surface area contributed by atoms with Crippen molar-refractivity contribution in [2.75, 3.05) is 13.1 Å². The van der Waals surface area contributed by atoms with E-state index in [4.69, 9.17) is 9.84 Å². The highest BCUT2D eigenvalue weighted by Crippen LogP contribution is 2.19. The van der Waals surface area contributed by atoms with Gasteiger partial charge in [0.05, 0.1) is 6.10 Å². The third kappa shape index (κ3) is 5.01. The fourth-order valence-electron chi connectivity index (χ4n) is 2.04. The first-order valence-electron chi connectivity index (χ1n) is 6.41. The van der Waals surface area contributed by atoms with Gasteiger partial charge in [0.1, 0.15) is 0 Å².